The van der Waals surface area contributed by atoms with Gasteiger partial charge in [0.1, 0.15) is 45.1 Å². The largest absolute Gasteiger partial charge is 0.497 e. The summed E-state index contributed by atoms with van der Waals surface area (Å²) in [6.07, 6.45) is 11.0. The summed E-state index contributed by atoms with van der Waals surface area (Å²) < 4.78 is 41.5. The number of carboxylic acids is 1. The lowest BCUT2D eigenvalue weighted by Gasteiger charge is -2.32. The third-order valence-electron chi connectivity index (χ3n) is 13.2. The number of nitrogens with zero attached hydrogens (tertiary/aromatic N) is 3. The van der Waals surface area contributed by atoms with Crippen LogP contribution in [0.5, 0.6) is 11.5 Å². The number of allylic oxidation sites excluding steroid dienone is 1. The van der Waals surface area contributed by atoms with E-state index in [4.69, 9.17) is 19.4 Å². The first kappa shape index (κ1) is 48.2. The van der Waals surface area contributed by atoms with Crippen molar-refractivity contribution in [1.29, 1.82) is 0 Å². The molecule has 3 fully saturated rings. The van der Waals surface area contributed by atoms with Crippen LogP contribution >= 0.6 is 22.7 Å². The standard InChI is InChI=1S/C47H60N8O9S3/c1-28(2)49-46-53-38(27-66-46)36-23-40(33-19-18-31(63-3)21-35(33)50-36)64-32-22-39-42(56)54-47(44(58)59)24-30(47)15-10-5-4-6-11-16-34(43(57)55(39)26-32)51-45(60)52-37(29-13-8-7-9-14-29)25-48-67(61,62)41-17-12-20-65-41/h10,12,15,17-21,23,27-30,32,34,37,39,48H,4-9,11,13-14,16,22,24-26H2,1-3H3,(H,49,53)(H,54,56)(H,58,59)(H2,51,52,60)/b15-10-/t30?,32-,34-,37-,39+,47-/m1/s1. The number of aliphatic carboxylic acids is 1. The van der Waals surface area contributed by atoms with E-state index in [0.29, 0.717) is 46.6 Å². The smallest absolute Gasteiger partial charge is 0.330 e. The second-order valence-electron chi connectivity index (χ2n) is 18.3. The highest BCUT2D eigenvalue weighted by atomic mass is 32.2. The zero-order valence-corrected chi connectivity index (χ0v) is 40.4. The molecular formula is C47H60N8O9S3. The summed E-state index contributed by atoms with van der Waals surface area (Å²) in [4.78, 5) is 67.5. The summed E-state index contributed by atoms with van der Waals surface area (Å²) in [5, 5.41) is 27.5. The van der Waals surface area contributed by atoms with E-state index in [2.05, 4.69) is 26.0 Å². The molecule has 67 heavy (non-hydrogen) atoms. The van der Waals surface area contributed by atoms with Crippen LogP contribution < -0.4 is 35.5 Å². The van der Waals surface area contributed by atoms with Gasteiger partial charge in [0.05, 0.1) is 24.9 Å². The van der Waals surface area contributed by atoms with E-state index >= 15 is 4.79 Å². The van der Waals surface area contributed by atoms with Crippen molar-refractivity contribution in [2.75, 3.05) is 25.5 Å². The second-order valence-corrected chi connectivity index (χ2v) is 22.1. The van der Waals surface area contributed by atoms with E-state index < -0.39 is 69.5 Å². The van der Waals surface area contributed by atoms with Crippen molar-refractivity contribution in [2.24, 2.45) is 11.8 Å². The van der Waals surface area contributed by atoms with E-state index in [9.17, 15) is 27.9 Å². The minimum Gasteiger partial charge on any atom is -0.497 e. The van der Waals surface area contributed by atoms with Gasteiger partial charge in [0, 0.05) is 53.9 Å². The van der Waals surface area contributed by atoms with Crippen molar-refractivity contribution in [3.63, 3.8) is 0 Å². The number of ether oxygens (including phenoxy) is 2. The number of nitrogens with one attached hydrogen (secondary N) is 5. The van der Waals surface area contributed by atoms with E-state index in [1.165, 1.54) is 22.3 Å². The molecule has 2 saturated carbocycles. The number of benzene rings is 1. The molecule has 3 aromatic heterocycles. The molecule has 6 atom stereocenters. The number of urea groups is 1. The Bertz CT molecular complexity index is 2560. The van der Waals surface area contributed by atoms with Crippen molar-refractivity contribution in [1.82, 2.24) is 35.5 Å². The van der Waals surface area contributed by atoms with E-state index in [0.717, 1.165) is 61.4 Å². The van der Waals surface area contributed by atoms with Gasteiger partial charge in [-0.25, -0.2) is 32.7 Å². The quantitative estimate of drug-likeness (QED) is 0.0728. The fourth-order valence-electron chi connectivity index (χ4n) is 9.49. The predicted octanol–water partition coefficient (Wildman–Crippen LogP) is 6.67. The number of methoxy groups -OCH3 is 1. The van der Waals surface area contributed by atoms with Crippen LogP contribution in [0.1, 0.15) is 90.9 Å². The van der Waals surface area contributed by atoms with Gasteiger partial charge in [-0.3, -0.25) is 9.59 Å². The number of carbonyl (C=O) groups is 4. The molecule has 20 heteroatoms. The number of thiophene rings is 1. The van der Waals surface area contributed by atoms with Gasteiger partial charge in [-0.1, -0.05) is 50.3 Å². The zero-order chi connectivity index (χ0) is 47.3. The lowest BCUT2D eigenvalue weighted by atomic mass is 9.84. The zero-order valence-electron chi connectivity index (χ0n) is 38.0. The molecule has 0 spiro atoms. The molecule has 17 nitrogen and oxygen atoms in total. The molecule has 0 radical (unpaired) electrons. The molecule has 360 valence electrons. The molecular weight excluding hydrogens is 917 g/mol. The number of carboxylic acid groups (broad SMARTS) is 1. The van der Waals surface area contributed by atoms with Crippen LogP contribution in [0, 0.1) is 11.8 Å². The number of aromatic nitrogens is 2. The number of hydrogen-bond donors (Lipinski definition) is 6. The highest BCUT2D eigenvalue weighted by Gasteiger charge is 2.61. The first-order valence-corrected chi connectivity index (χ1v) is 26.5. The van der Waals surface area contributed by atoms with Crippen LogP contribution in [0.2, 0.25) is 0 Å². The van der Waals surface area contributed by atoms with Crippen LogP contribution in [-0.4, -0.2) is 108 Å². The van der Waals surface area contributed by atoms with Crippen molar-refractivity contribution in [3.8, 4) is 22.9 Å². The first-order chi connectivity index (χ1) is 32.2. The molecule has 4 aliphatic rings. The topological polar surface area (TPSA) is 230 Å². The average Bonchev–Trinajstić information content (AvgIpc) is 3.78. The van der Waals surface area contributed by atoms with Gasteiger partial charge in [-0.2, -0.15) is 0 Å². The van der Waals surface area contributed by atoms with Crippen LogP contribution in [0.15, 0.2) is 63.5 Å². The van der Waals surface area contributed by atoms with Gasteiger partial charge >= 0.3 is 12.0 Å². The Balaban J connectivity index is 1.08. The lowest BCUT2D eigenvalue weighted by Crippen LogP contribution is -2.58. The number of rotatable bonds is 14. The first-order valence-electron chi connectivity index (χ1n) is 23.2. The Morgan fingerprint density at radius 1 is 1.01 bits per heavy atom. The van der Waals surface area contributed by atoms with Gasteiger partial charge in [0.2, 0.25) is 21.8 Å². The summed E-state index contributed by atoms with van der Waals surface area (Å²) in [5.74, 6) is -1.63. The second kappa shape index (κ2) is 20.9. The third-order valence-corrected chi connectivity index (χ3v) is 16.8. The monoisotopic (exact) mass is 976 g/mol. The number of carbonyl (C=O) groups excluding carboxylic acids is 3. The summed E-state index contributed by atoms with van der Waals surface area (Å²) in [6.45, 7) is 3.99. The molecule has 1 unspecified atom stereocenters. The number of pyridine rings is 1. The summed E-state index contributed by atoms with van der Waals surface area (Å²) in [6, 6.07) is 7.22. The van der Waals surface area contributed by atoms with Gasteiger partial charge < -0.3 is 40.7 Å². The molecule has 8 rings (SSSR count). The predicted molar refractivity (Wildman–Crippen MR) is 257 cm³/mol. The fourth-order valence-corrected chi connectivity index (χ4v) is 12.4. The number of amides is 4. The molecule has 6 N–H and O–H groups in total. The lowest BCUT2D eigenvalue weighted by molar-refractivity contribution is -0.145. The van der Waals surface area contributed by atoms with Crippen molar-refractivity contribution < 1.29 is 42.2 Å². The maximum absolute atomic E-state index is 15.0. The maximum atomic E-state index is 15.0. The third kappa shape index (κ3) is 11.4. The molecule has 4 amide bonds. The average molecular weight is 977 g/mol. The van der Waals surface area contributed by atoms with Crippen LogP contribution in [0.4, 0.5) is 9.93 Å². The molecule has 1 aromatic carbocycles. The Morgan fingerprint density at radius 2 is 1.81 bits per heavy atom. The molecule has 5 heterocycles. The SMILES string of the molecule is COc1ccc2c(O[C@@H]3C[C@H]4C(=O)N[C@]5(C(=O)O)CC5/C=C\CCCCC[C@@H](NC(=O)N[C@H](CNS(=O)(=O)c5cccs5)C5CCCCC5)C(=O)N4C3)cc(-c3csc(NC(C)C)n3)nc2c1. The summed E-state index contributed by atoms with van der Waals surface area (Å²) in [5.41, 5.74) is 0.241. The number of hydrogen-bond acceptors (Lipinski definition) is 13. The Kier molecular flexibility index (Phi) is 15.0. The Morgan fingerprint density at radius 3 is 2.55 bits per heavy atom. The molecule has 2 aliphatic heterocycles. The molecule has 1 saturated heterocycles. The van der Waals surface area contributed by atoms with Crippen molar-refractivity contribution >= 4 is 72.5 Å². The molecule has 2 aliphatic carbocycles. The van der Waals surface area contributed by atoms with Crippen LogP contribution in [-0.2, 0) is 24.4 Å². The van der Waals surface area contributed by atoms with Crippen molar-refractivity contribution in [3.05, 3.63) is 59.3 Å². The number of anilines is 1. The van der Waals surface area contributed by atoms with Gasteiger partial charge in [0.15, 0.2) is 5.13 Å². The van der Waals surface area contributed by atoms with Gasteiger partial charge in [0.25, 0.3) is 0 Å². The van der Waals surface area contributed by atoms with Gasteiger partial charge in [-0.15, -0.1) is 22.7 Å². The minimum absolute atomic E-state index is 0.0136. The van der Waals surface area contributed by atoms with Crippen LogP contribution in [0.3, 0.4) is 0 Å². The van der Waals surface area contributed by atoms with E-state index in [1.807, 2.05) is 37.4 Å². The molecule has 4 aromatic rings. The van der Waals surface area contributed by atoms with E-state index in [1.54, 1.807) is 36.8 Å². The fraction of sp³-hybridized carbons (Fsp3) is 0.532. The number of sulfonamides is 1. The number of fused-ring (bicyclic) bond motifs is 3. The van der Waals surface area contributed by atoms with Gasteiger partial charge in [-0.05, 0) is 81.9 Å². The minimum atomic E-state index is -3.81. The number of thiazole rings is 1. The summed E-state index contributed by atoms with van der Waals surface area (Å²) in [7, 11) is -2.24. The van der Waals surface area contributed by atoms with Crippen molar-refractivity contribution in [2.45, 2.75) is 131 Å². The highest BCUT2D eigenvalue weighted by molar-refractivity contribution is 7.91. The Hall–Kier alpha value is -5.31. The summed E-state index contributed by atoms with van der Waals surface area (Å²) >= 11 is 2.56. The normalized spacial score (nSPS) is 24.9. The Labute approximate surface area is 398 Å². The molecule has 0 bridgehead atoms. The van der Waals surface area contributed by atoms with Crippen LogP contribution in [0.25, 0.3) is 22.3 Å². The maximum Gasteiger partial charge on any atom is 0.330 e. The highest BCUT2D eigenvalue weighted by Crippen LogP contribution is 2.46. The van der Waals surface area contributed by atoms with E-state index in [-0.39, 0.29) is 48.5 Å².